The van der Waals surface area contributed by atoms with E-state index in [2.05, 4.69) is 40.3 Å². The highest BCUT2D eigenvalue weighted by atomic mass is 79.9. The summed E-state index contributed by atoms with van der Waals surface area (Å²) in [4.78, 5) is 0. The number of hydrogen-bond donors (Lipinski definition) is 1. The summed E-state index contributed by atoms with van der Waals surface area (Å²) in [6.45, 7) is 3.23. The molecule has 64 valence electrons. The van der Waals surface area contributed by atoms with Crippen molar-refractivity contribution in [3.8, 4) is 0 Å². The Bertz CT molecular complexity index is 307. The first-order valence-corrected chi connectivity index (χ1v) is 5.10. The molecule has 0 bridgehead atoms. The van der Waals surface area contributed by atoms with Crippen LogP contribution in [-0.2, 0) is 6.42 Å². The third kappa shape index (κ3) is 1.24. The zero-order chi connectivity index (χ0) is 8.55. The molecule has 1 aromatic carbocycles. The van der Waals surface area contributed by atoms with E-state index in [1.807, 2.05) is 0 Å². The van der Waals surface area contributed by atoms with Crippen molar-refractivity contribution in [3.05, 3.63) is 27.7 Å². The van der Waals surface area contributed by atoms with Crippen molar-refractivity contribution in [1.29, 1.82) is 0 Å². The molecule has 2 rings (SSSR count). The van der Waals surface area contributed by atoms with Gasteiger partial charge in [-0.3, -0.25) is 0 Å². The molecule has 0 atom stereocenters. The molecule has 0 amide bonds. The predicted molar refractivity (Wildman–Crippen MR) is 55.7 cm³/mol. The topological polar surface area (TPSA) is 12.0 Å². The van der Waals surface area contributed by atoms with Gasteiger partial charge >= 0.3 is 0 Å². The molecular formula is C10H12BrN. The van der Waals surface area contributed by atoms with Gasteiger partial charge in [-0.25, -0.2) is 0 Å². The fourth-order valence-corrected chi connectivity index (χ4v) is 2.14. The molecule has 0 saturated heterocycles. The first-order chi connectivity index (χ1) is 5.79. The number of benzene rings is 1. The molecule has 1 N–H and O–H groups in total. The third-order valence-electron chi connectivity index (χ3n) is 2.35. The molecule has 0 aromatic heterocycles. The molecule has 0 radical (unpaired) electrons. The summed E-state index contributed by atoms with van der Waals surface area (Å²) < 4.78 is 1.24. The minimum atomic E-state index is 1.11. The van der Waals surface area contributed by atoms with Crippen molar-refractivity contribution in [2.75, 3.05) is 11.9 Å². The molecule has 1 nitrogen and oxygen atoms in total. The highest BCUT2D eigenvalue weighted by molar-refractivity contribution is 9.10. The third-order valence-corrected chi connectivity index (χ3v) is 3.37. The van der Waals surface area contributed by atoms with Crippen LogP contribution in [0.4, 0.5) is 5.69 Å². The number of hydrogen-bond acceptors (Lipinski definition) is 1. The van der Waals surface area contributed by atoms with Crippen LogP contribution in [0, 0.1) is 6.92 Å². The van der Waals surface area contributed by atoms with Crippen LogP contribution in [0.15, 0.2) is 16.6 Å². The quantitative estimate of drug-likeness (QED) is 0.716. The van der Waals surface area contributed by atoms with E-state index in [4.69, 9.17) is 0 Å². The minimum absolute atomic E-state index is 1.11. The zero-order valence-electron chi connectivity index (χ0n) is 7.15. The van der Waals surface area contributed by atoms with E-state index in [-0.39, 0.29) is 0 Å². The lowest BCUT2D eigenvalue weighted by Gasteiger charge is -2.20. The maximum absolute atomic E-state index is 3.60. The highest BCUT2D eigenvalue weighted by Gasteiger charge is 2.11. The van der Waals surface area contributed by atoms with Gasteiger partial charge in [-0.2, -0.15) is 0 Å². The monoisotopic (exact) mass is 225 g/mol. The normalized spacial score (nSPS) is 15.2. The molecule has 1 aliphatic heterocycles. The van der Waals surface area contributed by atoms with Gasteiger partial charge in [-0.15, -0.1) is 0 Å². The van der Waals surface area contributed by atoms with E-state index in [0.717, 1.165) is 6.54 Å². The number of rotatable bonds is 0. The highest BCUT2D eigenvalue weighted by Crippen LogP contribution is 2.32. The lowest BCUT2D eigenvalue weighted by atomic mass is 10.0. The molecule has 12 heavy (non-hydrogen) atoms. The van der Waals surface area contributed by atoms with E-state index in [9.17, 15) is 0 Å². The Morgan fingerprint density at radius 3 is 3.08 bits per heavy atom. The van der Waals surface area contributed by atoms with Crippen molar-refractivity contribution < 1.29 is 0 Å². The molecular weight excluding hydrogens is 214 g/mol. The van der Waals surface area contributed by atoms with E-state index in [1.54, 1.807) is 0 Å². The number of nitrogens with one attached hydrogen (secondary N) is 1. The Hall–Kier alpha value is -0.500. The number of halogens is 1. The van der Waals surface area contributed by atoms with Crippen LogP contribution in [0.25, 0.3) is 0 Å². The lowest BCUT2D eigenvalue weighted by molar-refractivity contribution is 0.828. The van der Waals surface area contributed by atoms with Gasteiger partial charge in [-0.1, -0.05) is 12.1 Å². The van der Waals surface area contributed by atoms with E-state index in [0.29, 0.717) is 0 Å². The van der Waals surface area contributed by atoms with Gasteiger partial charge in [-0.05, 0) is 46.8 Å². The zero-order valence-corrected chi connectivity index (χ0v) is 8.74. The fraction of sp³-hybridized carbons (Fsp3) is 0.400. The van der Waals surface area contributed by atoms with Crippen LogP contribution in [0.5, 0.6) is 0 Å². The van der Waals surface area contributed by atoms with Gasteiger partial charge in [0, 0.05) is 11.0 Å². The molecule has 0 fully saturated rings. The summed E-state index contributed by atoms with van der Waals surface area (Å²) in [7, 11) is 0. The maximum atomic E-state index is 3.60. The van der Waals surface area contributed by atoms with Gasteiger partial charge < -0.3 is 5.32 Å². The van der Waals surface area contributed by atoms with Gasteiger partial charge in [0.1, 0.15) is 0 Å². The van der Waals surface area contributed by atoms with Crippen LogP contribution in [-0.4, -0.2) is 6.54 Å². The Balaban J connectivity index is 2.54. The van der Waals surface area contributed by atoms with Gasteiger partial charge in [0.25, 0.3) is 0 Å². The van der Waals surface area contributed by atoms with Crippen molar-refractivity contribution in [3.63, 3.8) is 0 Å². The van der Waals surface area contributed by atoms with Gasteiger partial charge in [0.15, 0.2) is 0 Å². The number of aryl methyl sites for hydroxylation is 2. The molecule has 1 aliphatic rings. The average Bonchev–Trinajstić information content (AvgIpc) is 2.12. The van der Waals surface area contributed by atoms with Crippen molar-refractivity contribution in [1.82, 2.24) is 0 Å². The Morgan fingerprint density at radius 2 is 2.25 bits per heavy atom. The minimum Gasteiger partial charge on any atom is -0.384 e. The smallest absolute Gasteiger partial charge is 0.0519 e. The SMILES string of the molecule is Cc1ccc2c(c1Br)NCCC2. The van der Waals surface area contributed by atoms with Crippen LogP contribution in [0.1, 0.15) is 17.5 Å². The number of fused-ring (bicyclic) bond motifs is 1. The first kappa shape index (κ1) is 8.11. The molecule has 1 aromatic rings. The summed E-state index contributed by atoms with van der Waals surface area (Å²) in [6.07, 6.45) is 2.46. The summed E-state index contributed by atoms with van der Waals surface area (Å²) in [5, 5.41) is 3.42. The average molecular weight is 226 g/mol. The second-order valence-corrected chi connectivity index (χ2v) is 4.05. The maximum Gasteiger partial charge on any atom is 0.0519 e. The fourth-order valence-electron chi connectivity index (χ4n) is 1.61. The summed E-state index contributed by atoms with van der Waals surface area (Å²) in [5.41, 5.74) is 4.06. The van der Waals surface area contributed by atoms with Gasteiger partial charge in [0.2, 0.25) is 0 Å². The molecule has 0 unspecified atom stereocenters. The lowest BCUT2D eigenvalue weighted by Crippen LogP contribution is -2.12. The molecule has 0 aliphatic carbocycles. The van der Waals surface area contributed by atoms with E-state index in [1.165, 1.54) is 34.1 Å². The molecule has 2 heteroatoms. The standard InChI is InChI=1S/C10H12BrN/c1-7-4-5-8-3-2-6-12-10(8)9(7)11/h4-5,12H,2-3,6H2,1H3. The second kappa shape index (κ2) is 3.09. The van der Waals surface area contributed by atoms with Crippen molar-refractivity contribution in [2.24, 2.45) is 0 Å². The van der Waals surface area contributed by atoms with Crippen LogP contribution >= 0.6 is 15.9 Å². The van der Waals surface area contributed by atoms with E-state index < -0.39 is 0 Å². The Morgan fingerprint density at radius 1 is 1.42 bits per heavy atom. The van der Waals surface area contributed by atoms with Crippen LogP contribution < -0.4 is 5.32 Å². The summed E-state index contributed by atoms with van der Waals surface area (Å²) in [6, 6.07) is 4.40. The number of anilines is 1. The molecule has 0 spiro atoms. The van der Waals surface area contributed by atoms with E-state index >= 15 is 0 Å². The predicted octanol–water partition coefficient (Wildman–Crippen LogP) is 3.12. The Labute approximate surface area is 81.3 Å². The molecule has 0 saturated carbocycles. The first-order valence-electron chi connectivity index (χ1n) is 4.31. The van der Waals surface area contributed by atoms with Gasteiger partial charge in [0.05, 0.1) is 5.69 Å². The van der Waals surface area contributed by atoms with Crippen LogP contribution in [0.3, 0.4) is 0 Å². The van der Waals surface area contributed by atoms with Crippen molar-refractivity contribution in [2.45, 2.75) is 19.8 Å². The largest absolute Gasteiger partial charge is 0.384 e. The van der Waals surface area contributed by atoms with Crippen molar-refractivity contribution >= 4 is 21.6 Å². The summed E-state index contributed by atoms with van der Waals surface area (Å²) in [5.74, 6) is 0. The second-order valence-electron chi connectivity index (χ2n) is 3.26. The summed E-state index contributed by atoms with van der Waals surface area (Å²) >= 11 is 3.60. The molecule has 1 heterocycles. The van der Waals surface area contributed by atoms with Crippen LogP contribution in [0.2, 0.25) is 0 Å². The Kier molecular flexibility index (Phi) is 2.09.